The van der Waals surface area contributed by atoms with Gasteiger partial charge >= 0.3 is 0 Å². The van der Waals surface area contributed by atoms with Crippen molar-refractivity contribution in [2.24, 2.45) is 0 Å². The predicted octanol–water partition coefficient (Wildman–Crippen LogP) is 4.25. The molecule has 1 aromatic carbocycles. The fourth-order valence-corrected chi connectivity index (χ4v) is 4.66. The Labute approximate surface area is 184 Å². The maximum absolute atomic E-state index is 13.4. The summed E-state index contributed by atoms with van der Waals surface area (Å²) in [5.74, 6) is 0.593. The van der Waals surface area contributed by atoms with Gasteiger partial charge in [-0.15, -0.1) is 5.10 Å². The summed E-state index contributed by atoms with van der Waals surface area (Å²) < 4.78 is 3.99. The molecule has 1 aliphatic rings. The first-order chi connectivity index (χ1) is 14.5. The molecule has 1 fully saturated rings. The van der Waals surface area contributed by atoms with Crippen LogP contribution in [0.1, 0.15) is 46.9 Å². The van der Waals surface area contributed by atoms with E-state index in [1.54, 1.807) is 0 Å². The lowest BCUT2D eigenvalue weighted by Crippen LogP contribution is -2.31. The van der Waals surface area contributed by atoms with E-state index in [0.717, 1.165) is 35.4 Å². The smallest absolute Gasteiger partial charge is 0.268 e. The molecule has 0 saturated carbocycles. The number of anilines is 1. The molecule has 0 unspecified atom stereocenters. The molecule has 1 amide bonds. The van der Waals surface area contributed by atoms with Gasteiger partial charge in [-0.3, -0.25) is 4.79 Å². The number of halogens is 1. The first kappa shape index (κ1) is 20.7. The van der Waals surface area contributed by atoms with Crippen LogP contribution in [0.3, 0.4) is 0 Å². The van der Waals surface area contributed by atoms with Gasteiger partial charge in [0.05, 0.1) is 17.4 Å². The van der Waals surface area contributed by atoms with Crippen LogP contribution in [0.15, 0.2) is 30.5 Å². The summed E-state index contributed by atoms with van der Waals surface area (Å²) in [6, 6.07) is 7.51. The lowest BCUT2D eigenvalue weighted by atomic mass is 9.99. The van der Waals surface area contributed by atoms with Crippen molar-refractivity contribution in [3.63, 3.8) is 0 Å². The minimum absolute atomic E-state index is 0.0218. The highest BCUT2D eigenvalue weighted by Crippen LogP contribution is 2.38. The van der Waals surface area contributed by atoms with E-state index >= 15 is 0 Å². The highest BCUT2D eigenvalue weighted by Gasteiger charge is 2.35. The van der Waals surface area contributed by atoms with Gasteiger partial charge in [0.15, 0.2) is 0 Å². The van der Waals surface area contributed by atoms with Crippen molar-refractivity contribution in [1.82, 2.24) is 24.5 Å². The van der Waals surface area contributed by atoms with Crippen molar-refractivity contribution >= 4 is 35.0 Å². The van der Waals surface area contributed by atoms with Gasteiger partial charge in [-0.05, 0) is 48.5 Å². The Hall–Kier alpha value is -2.58. The molecule has 0 aliphatic carbocycles. The van der Waals surface area contributed by atoms with Crippen molar-refractivity contribution in [2.45, 2.75) is 32.2 Å². The summed E-state index contributed by atoms with van der Waals surface area (Å²) in [7, 11) is 3.82. The van der Waals surface area contributed by atoms with Crippen LogP contribution >= 0.6 is 23.1 Å². The summed E-state index contributed by atoms with van der Waals surface area (Å²) in [6.45, 7) is 2.67. The molecule has 7 nitrogen and oxygen atoms in total. The molecular formula is C21H23ClN6OS. The molecule has 3 heterocycles. The van der Waals surface area contributed by atoms with Gasteiger partial charge in [0.1, 0.15) is 4.88 Å². The number of hydrogen-bond donors (Lipinski definition) is 0. The van der Waals surface area contributed by atoms with E-state index in [2.05, 4.69) is 14.6 Å². The molecule has 4 rings (SSSR count). The number of benzene rings is 1. The summed E-state index contributed by atoms with van der Waals surface area (Å²) in [6.07, 6.45) is 4.27. The van der Waals surface area contributed by atoms with E-state index < -0.39 is 0 Å². The Balaban J connectivity index is 1.79. The van der Waals surface area contributed by atoms with Crippen molar-refractivity contribution in [3.8, 4) is 11.1 Å². The number of amides is 1. The minimum atomic E-state index is -0.139. The van der Waals surface area contributed by atoms with Crippen molar-refractivity contribution in [1.29, 1.82) is 0 Å². The lowest BCUT2D eigenvalue weighted by molar-refractivity contribution is 0.0737. The lowest BCUT2D eigenvalue weighted by Gasteiger charge is -2.26. The topological polar surface area (TPSA) is 75.1 Å². The summed E-state index contributed by atoms with van der Waals surface area (Å²) in [5, 5.41) is 4.76. The van der Waals surface area contributed by atoms with Gasteiger partial charge in [0.25, 0.3) is 5.91 Å². The molecule has 9 heteroatoms. The summed E-state index contributed by atoms with van der Waals surface area (Å²) in [4.78, 5) is 27.2. The van der Waals surface area contributed by atoms with Gasteiger partial charge in [-0.2, -0.15) is 0 Å². The Bertz CT molecular complexity index is 1070. The molecule has 1 aliphatic heterocycles. The number of rotatable bonds is 5. The molecule has 1 saturated heterocycles. The van der Waals surface area contributed by atoms with Crippen molar-refractivity contribution in [3.05, 3.63) is 51.7 Å². The second-order valence-electron chi connectivity index (χ2n) is 7.43. The second kappa shape index (κ2) is 8.65. The minimum Gasteiger partial charge on any atom is -0.347 e. The molecule has 0 spiro atoms. The normalized spacial score (nSPS) is 16.1. The monoisotopic (exact) mass is 442 g/mol. The summed E-state index contributed by atoms with van der Waals surface area (Å²) in [5.41, 5.74) is 3.43. The number of likely N-dealkylation sites (tertiary alicyclic amines) is 1. The fraction of sp³-hybridized carbons (Fsp3) is 0.381. The number of nitrogens with zero attached hydrogens (tertiary/aromatic N) is 6. The van der Waals surface area contributed by atoms with Crippen LogP contribution in [0.25, 0.3) is 11.1 Å². The number of carbonyl (C=O) groups excluding carboxylic acids is 1. The van der Waals surface area contributed by atoms with E-state index in [0.29, 0.717) is 28.8 Å². The zero-order valence-corrected chi connectivity index (χ0v) is 18.7. The fourth-order valence-electron chi connectivity index (χ4n) is 3.76. The Kier molecular flexibility index (Phi) is 5.97. The SMILES string of the molecule is CCc1nnsc1C(=O)N1CCC[C@@H]1c1nc(N(C)C)ncc1-c1cccc(Cl)c1. The quantitative estimate of drug-likeness (QED) is 0.587. The van der Waals surface area contributed by atoms with E-state index in [1.165, 1.54) is 11.5 Å². The highest BCUT2D eigenvalue weighted by molar-refractivity contribution is 7.08. The summed E-state index contributed by atoms with van der Waals surface area (Å²) >= 11 is 7.41. The molecular weight excluding hydrogens is 420 g/mol. The molecule has 2 aromatic heterocycles. The van der Waals surface area contributed by atoms with Crippen molar-refractivity contribution in [2.75, 3.05) is 25.5 Å². The maximum Gasteiger partial charge on any atom is 0.268 e. The van der Waals surface area contributed by atoms with Gasteiger partial charge < -0.3 is 9.80 Å². The zero-order valence-electron chi connectivity index (χ0n) is 17.2. The number of aryl methyl sites for hydroxylation is 1. The highest BCUT2D eigenvalue weighted by atomic mass is 35.5. The molecule has 3 aromatic rings. The Morgan fingerprint density at radius 1 is 1.37 bits per heavy atom. The van der Waals surface area contributed by atoms with E-state index in [1.807, 2.05) is 61.3 Å². The van der Waals surface area contributed by atoms with Gasteiger partial charge in [-0.1, -0.05) is 35.1 Å². The van der Waals surface area contributed by atoms with Gasteiger partial charge in [0.2, 0.25) is 5.95 Å². The Morgan fingerprint density at radius 2 is 2.20 bits per heavy atom. The zero-order chi connectivity index (χ0) is 21.3. The van der Waals surface area contributed by atoms with Crippen LogP contribution in [0.4, 0.5) is 5.95 Å². The molecule has 30 heavy (non-hydrogen) atoms. The molecule has 0 N–H and O–H groups in total. The first-order valence-corrected chi connectivity index (χ1v) is 11.1. The molecule has 156 valence electrons. The first-order valence-electron chi connectivity index (χ1n) is 9.92. The van der Waals surface area contributed by atoms with Crippen LogP contribution < -0.4 is 4.90 Å². The Morgan fingerprint density at radius 3 is 2.93 bits per heavy atom. The van der Waals surface area contributed by atoms with Gasteiger partial charge in [0, 0.05) is 37.4 Å². The average molecular weight is 443 g/mol. The van der Waals surface area contributed by atoms with E-state index in [9.17, 15) is 4.79 Å². The van der Waals surface area contributed by atoms with Crippen LogP contribution in [0, 0.1) is 0 Å². The van der Waals surface area contributed by atoms with Crippen LogP contribution in [-0.4, -0.2) is 51.0 Å². The second-order valence-corrected chi connectivity index (χ2v) is 8.62. The third-order valence-corrected chi connectivity index (χ3v) is 6.25. The third kappa shape index (κ3) is 3.89. The number of aromatic nitrogens is 4. The number of carbonyl (C=O) groups is 1. The van der Waals surface area contributed by atoms with Crippen LogP contribution in [0.2, 0.25) is 5.02 Å². The molecule has 0 bridgehead atoms. The van der Waals surface area contributed by atoms with Gasteiger partial charge in [-0.25, -0.2) is 9.97 Å². The number of hydrogen-bond acceptors (Lipinski definition) is 7. The maximum atomic E-state index is 13.4. The predicted molar refractivity (Wildman–Crippen MR) is 119 cm³/mol. The van der Waals surface area contributed by atoms with E-state index in [4.69, 9.17) is 16.6 Å². The van der Waals surface area contributed by atoms with Crippen LogP contribution in [-0.2, 0) is 6.42 Å². The van der Waals surface area contributed by atoms with Crippen LogP contribution in [0.5, 0.6) is 0 Å². The molecule has 0 radical (unpaired) electrons. The van der Waals surface area contributed by atoms with Crippen molar-refractivity contribution < 1.29 is 4.79 Å². The van der Waals surface area contributed by atoms with E-state index in [-0.39, 0.29) is 11.9 Å². The average Bonchev–Trinajstić information content (AvgIpc) is 3.42. The molecule has 1 atom stereocenters. The third-order valence-electron chi connectivity index (χ3n) is 5.26. The largest absolute Gasteiger partial charge is 0.347 e. The standard InChI is InChI=1S/C21H23ClN6OS/c1-4-16-19(30-26-25-16)20(29)28-10-6-9-17(28)18-15(12-23-21(24-18)27(2)3)13-7-5-8-14(22)11-13/h5,7-8,11-12,17H,4,6,9-10H2,1-3H3/t17-/m1/s1.